The van der Waals surface area contributed by atoms with Crippen LogP contribution in [-0.4, -0.2) is 17.9 Å². The zero-order chi connectivity index (χ0) is 19.4. The second-order valence-electron chi connectivity index (χ2n) is 7.00. The molecule has 2 N–H and O–H groups in total. The predicted octanol–water partition coefficient (Wildman–Crippen LogP) is 3.65. The number of anilines is 1. The van der Waals surface area contributed by atoms with Crippen LogP contribution in [0.4, 0.5) is 10.1 Å². The number of benzene rings is 2. The SMILES string of the molecule is CC(C)Oc1ccc(NC(=O)C2(C(=O)NCc3ccccc3F)CC2)cc1. The maximum atomic E-state index is 13.7. The Morgan fingerprint density at radius 1 is 1.07 bits per heavy atom. The summed E-state index contributed by atoms with van der Waals surface area (Å²) < 4.78 is 19.2. The summed E-state index contributed by atoms with van der Waals surface area (Å²) in [7, 11) is 0. The summed E-state index contributed by atoms with van der Waals surface area (Å²) in [6.45, 7) is 3.93. The van der Waals surface area contributed by atoms with Crippen molar-refractivity contribution in [1.29, 1.82) is 0 Å². The van der Waals surface area contributed by atoms with Gasteiger partial charge in [-0.1, -0.05) is 18.2 Å². The van der Waals surface area contributed by atoms with E-state index >= 15 is 0 Å². The third kappa shape index (κ3) is 4.45. The molecule has 0 unspecified atom stereocenters. The maximum Gasteiger partial charge on any atom is 0.240 e. The molecule has 2 aromatic rings. The van der Waals surface area contributed by atoms with Crippen molar-refractivity contribution in [1.82, 2.24) is 5.32 Å². The number of hydrogen-bond donors (Lipinski definition) is 2. The molecular weight excluding hydrogens is 347 g/mol. The molecule has 0 aromatic heterocycles. The fourth-order valence-corrected chi connectivity index (χ4v) is 2.81. The number of nitrogens with one attached hydrogen (secondary N) is 2. The van der Waals surface area contributed by atoms with Gasteiger partial charge >= 0.3 is 0 Å². The van der Waals surface area contributed by atoms with Crippen LogP contribution in [0.2, 0.25) is 0 Å². The molecule has 0 radical (unpaired) electrons. The molecule has 0 atom stereocenters. The van der Waals surface area contributed by atoms with E-state index in [0.717, 1.165) is 0 Å². The minimum absolute atomic E-state index is 0.0573. The van der Waals surface area contributed by atoms with E-state index in [2.05, 4.69) is 10.6 Å². The van der Waals surface area contributed by atoms with E-state index in [1.165, 1.54) is 6.07 Å². The molecule has 1 fully saturated rings. The van der Waals surface area contributed by atoms with Crippen molar-refractivity contribution in [3.8, 4) is 5.75 Å². The zero-order valence-electron chi connectivity index (χ0n) is 15.4. The highest BCUT2D eigenvalue weighted by molar-refractivity contribution is 6.13. The van der Waals surface area contributed by atoms with E-state index in [-0.39, 0.29) is 30.3 Å². The van der Waals surface area contributed by atoms with Gasteiger partial charge in [-0.25, -0.2) is 4.39 Å². The molecule has 0 saturated heterocycles. The van der Waals surface area contributed by atoms with Crippen LogP contribution in [0.5, 0.6) is 5.75 Å². The van der Waals surface area contributed by atoms with Gasteiger partial charge in [0.2, 0.25) is 11.8 Å². The number of halogens is 1. The summed E-state index contributed by atoms with van der Waals surface area (Å²) in [5.41, 5.74) is -0.0784. The van der Waals surface area contributed by atoms with Crippen LogP contribution in [0.25, 0.3) is 0 Å². The third-order valence-electron chi connectivity index (χ3n) is 4.50. The summed E-state index contributed by atoms with van der Waals surface area (Å²) in [5, 5.41) is 5.47. The fourth-order valence-electron chi connectivity index (χ4n) is 2.81. The first-order chi connectivity index (χ1) is 12.9. The maximum absolute atomic E-state index is 13.7. The van der Waals surface area contributed by atoms with Crippen molar-refractivity contribution < 1.29 is 18.7 Å². The molecule has 2 aromatic carbocycles. The van der Waals surface area contributed by atoms with E-state index in [1.807, 2.05) is 13.8 Å². The van der Waals surface area contributed by atoms with Gasteiger partial charge in [-0.15, -0.1) is 0 Å². The highest BCUT2D eigenvalue weighted by atomic mass is 19.1. The Labute approximate surface area is 157 Å². The van der Waals surface area contributed by atoms with Crippen LogP contribution in [0.1, 0.15) is 32.3 Å². The predicted molar refractivity (Wildman–Crippen MR) is 101 cm³/mol. The summed E-state index contributed by atoms with van der Waals surface area (Å²) in [6, 6.07) is 13.3. The second kappa shape index (κ2) is 7.78. The van der Waals surface area contributed by atoms with Crippen LogP contribution < -0.4 is 15.4 Å². The number of amides is 2. The Hall–Kier alpha value is -2.89. The molecule has 1 aliphatic carbocycles. The quantitative estimate of drug-likeness (QED) is 0.731. The Morgan fingerprint density at radius 3 is 2.33 bits per heavy atom. The van der Waals surface area contributed by atoms with Gasteiger partial charge in [0.1, 0.15) is 17.0 Å². The molecule has 142 valence electrons. The van der Waals surface area contributed by atoms with Crippen LogP contribution in [0.15, 0.2) is 48.5 Å². The summed E-state index contributed by atoms with van der Waals surface area (Å²) in [5.74, 6) is -0.378. The first-order valence-electron chi connectivity index (χ1n) is 9.00. The molecule has 0 aliphatic heterocycles. The fraction of sp³-hybridized carbons (Fsp3) is 0.333. The molecule has 1 aliphatic rings. The van der Waals surface area contributed by atoms with E-state index in [1.54, 1.807) is 42.5 Å². The normalized spacial score (nSPS) is 14.5. The van der Waals surface area contributed by atoms with E-state index < -0.39 is 5.41 Å². The van der Waals surface area contributed by atoms with Crippen molar-refractivity contribution in [3.63, 3.8) is 0 Å². The lowest BCUT2D eigenvalue weighted by atomic mass is 10.0. The van der Waals surface area contributed by atoms with Gasteiger partial charge in [-0.3, -0.25) is 9.59 Å². The van der Waals surface area contributed by atoms with Crippen molar-refractivity contribution in [3.05, 3.63) is 59.9 Å². The monoisotopic (exact) mass is 370 g/mol. The molecule has 0 bridgehead atoms. The Morgan fingerprint density at radius 2 is 1.74 bits per heavy atom. The molecule has 27 heavy (non-hydrogen) atoms. The smallest absolute Gasteiger partial charge is 0.240 e. The van der Waals surface area contributed by atoms with Crippen molar-refractivity contribution in [2.75, 3.05) is 5.32 Å². The minimum atomic E-state index is -1.07. The standard InChI is InChI=1S/C21H23FN2O3/c1-14(2)27-17-9-7-16(8-10-17)24-20(26)21(11-12-21)19(25)23-13-15-5-3-4-6-18(15)22/h3-10,14H,11-13H2,1-2H3,(H,23,25)(H,24,26). The Kier molecular flexibility index (Phi) is 5.44. The number of carbonyl (C=O) groups is 2. The highest BCUT2D eigenvalue weighted by Gasteiger charge is 2.56. The lowest BCUT2D eigenvalue weighted by Gasteiger charge is -2.16. The molecule has 0 heterocycles. The van der Waals surface area contributed by atoms with E-state index in [4.69, 9.17) is 4.74 Å². The first-order valence-corrected chi connectivity index (χ1v) is 9.00. The van der Waals surface area contributed by atoms with Crippen molar-refractivity contribution in [2.24, 2.45) is 5.41 Å². The van der Waals surface area contributed by atoms with Crippen LogP contribution >= 0.6 is 0 Å². The van der Waals surface area contributed by atoms with Gasteiger partial charge < -0.3 is 15.4 Å². The second-order valence-corrected chi connectivity index (χ2v) is 7.00. The number of carbonyl (C=O) groups excluding carboxylic acids is 2. The van der Waals surface area contributed by atoms with Gasteiger partial charge in [0.25, 0.3) is 0 Å². The lowest BCUT2D eigenvalue weighted by Crippen LogP contribution is -2.39. The minimum Gasteiger partial charge on any atom is -0.491 e. The van der Waals surface area contributed by atoms with Gasteiger partial charge in [0, 0.05) is 17.8 Å². The molecule has 6 heteroatoms. The largest absolute Gasteiger partial charge is 0.491 e. The Balaban J connectivity index is 1.58. The van der Waals surface area contributed by atoms with Gasteiger partial charge in [0.05, 0.1) is 6.10 Å². The zero-order valence-corrected chi connectivity index (χ0v) is 15.4. The Bertz CT molecular complexity index is 830. The van der Waals surface area contributed by atoms with E-state index in [0.29, 0.717) is 29.8 Å². The average molecular weight is 370 g/mol. The van der Waals surface area contributed by atoms with Gasteiger partial charge in [0.15, 0.2) is 0 Å². The summed E-state index contributed by atoms with van der Waals surface area (Å²) in [4.78, 5) is 25.1. The van der Waals surface area contributed by atoms with Crippen LogP contribution in [-0.2, 0) is 16.1 Å². The highest BCUT2D eigenvalue weighted by Crippen LogP contribution is 2.47. The number of ether oxygens (including phenoxy) is 1. The van der Waals surface area contributed by atoms with Crippen molar-refractivity contribution in [2.45, 2.75) is 39.3 Å². The van der Waals surface area contributed by atoms with Crippen molar-refractivity contribution >= 4 is 17.5 Å². The summed E-state index contributed by atoms with van der Waals surface area (Å²) >= 11 is 0. The number of rotatable bonds is 7. The topological polar surface area (TPSA) is 67.4 Å². The third-order valence-corrected chi connectivity index (χ3v) is 4.50. The van der Waals surface area contributed by atoms with Crippen LogP contribution in [0, 0.1) is 11.2 Å². The molecule has 3 rings (SSSR count). The molecular formula is C21H23FN2O3. The molecule has 5 nitrogen and oxygen atoms in total. The first kappa shape index (κ1) is 18.9. The number of hydrogen-bond acceptors (Lipinski definition) is 3. The average Bonchev–Trinajstić information content (AvgIpc) is 3.44. The van der Waals surface area contributed by atoms with E-state index in [9.17, 15) is 14.0 Å². The molecule has 1 saturated carbocycles. The lowest BCUT2D eigenvalue weighted by molar-refractivity contribution is -0.134. The van der Waals surface area contributed by atoms with Gasteiger partial charge in [-0.2, -0.15) is 0 Å². The molecule has 2 amide bonds. The van der Waals surface area contributed by atoms with Gasteiger partial charge in [-0.05, 0) is 57.0 Å². The van der Waals surface area contributed by atoms with Crippen LogP contribution in [0.3, 0.4) is 0 Å². The summed E-state index contributed by atoms with van der Waals surface area (Å²) in [6.07, 6.45) is 1.03. The molecule has 0 spiro atoms.